The van der Waals surface area contributed by atoms with Gasteiger partial charge in [-0.3, -0.25) is 9.59 Å². The van der Waals surface area contributed by atoms with E-state index in [0.717, 1.165) is 25.7 Å². The molecule has 26 heavy (non-hydrogen) atoms. The molecule has 144 valence electrons. The first-order valence-corrected chi connectivity index (χ1v) is 10.3. The lowest BCUT2D eigenvalue weighted by Crippen LogP contribution is -2.32. The van der Waals surface area contributed by atoms with Crippen LogP contribution in [0.15, 0.2) is 29.2 Å². The second-order valence-corrected chi connectivity index (χ2v) is 8.56. The van der Waals surface area contributed by atoms with Gasteiger partial charge in [-0.05, 0) is 57.9 Å². The van der Waals surface area contributed by atoms with Gasteiger partial charge in [0.1, 0.15) is 0 Å². The van der Waals surface area contributed by atoms with Crippen molar-refractivity contribution in [2.24, 2.45) is 5.92 Å². The van der Waals surface area contributed by atoms with Crippen LogP contribution in [0.5, 0.6) is 0 Å². The molecule has 1 amide bonds. The van der Waals surface area contributed by atoms with Crippen LogP contribution >= 0.6 is 0 Å². The van der Waals surface area contributed by atoms with Gasteiger partial charge in [0.2, 0.25) is 10.0 Å². The lowest BCUT2D eigenvalue weighted by molar-refractivity contribution is -0.157. The maximum Gasteiger partial charge on any atom is 0.309 e. The van der Waals surface area contributed by atoms with Crippen molar-refractivity contribution >= 4 is 27.6 Å². The summed E-state index contributed by atoms with van der Waals surface area (Å²) in [6, 6.07) is 5.61. The maximum absolute atomic E-state index is 12.2. The number of benzene rings is 1. The summed E-state index contributed by atoms with van der Waals surface area (Å²) < 4.78 is 31.9. The number of carbonyl (C=O) groups is 2. The van der Waals surface area contributed by atoms with E-state index in [1.165, 1.54) is 31.2 Å². The lowest BCUT2D eigenvalue weighted by Gasteiger charge is -2.16. The Hall–Kier alpha value is -1.93. The van der Waals surface area contributed by atoms with E-state index in [1.54, 1.807) is 13.8 Å². The van der Waals surface area contributed by atoms with E-state index < -0.39 is 22.0 Å². The number of carbonyl (C=O) groups excluding carboxylic acids is 2. The first kappa shape index (κ1) is 20.4. The highest BCUT2D eigenvalue weighted by Gasteiger charge is 2.27. The van der Waals surface area contributed by atoms with Crippen LogP contribution in [-0.4, -0.2) is 32.4 Å². The van der Waals surface area contributed by atoms with Crippen LogP contribution in [0, 0.1) is 5.92 Å². The zero-order valence-electron chi connectivity index (χ0n) is 15.3. The summed E-state index contributed by atoms with van der Waals surface area (Å²) in [6.07, 6.45) is 2.75. The van der Waals surface area contributed by atoms with E-state index in [1.807, 2.05) is 0 Å². The lowest BCUT2D eigenvalue weighted by atomic mass is 10.1. The van der Waals surface area contributed by atoms with Gasteiger partial charge in [0, 0.05) is 11.7 Å². The number of sulfonamides is 1. The number of nitrogens with one attached hydrogen (secondary N) is 2. The van der Waals surface area contributed by atoms with Crippen molar-refractivity contribution in [2.45, 2.75) is 63.5 Å². The third-order valence-electron chi connectivity index (χ3n) is 4.17. The van der Waals surface area contributed by atoms with E-state index in [2.05, 4.69) is 10.0 Å². The van der Waals surface area contributed by atoms with Gasteiger partial charge in [-0.25, -0.2) is 13.1 Å². The third kappa shape index (κ3) is 5.54. The second kappa shape index (κ2) is 8.64. The molecule has 0 spiro atoms. The molecule has 1 fully saturated rings. The van der Waals surface area contributed by atoms with E-state index in [4.69, 9.17) is 4.74 Å². The van der Waals surface area contributed by atoms with Crippen molar-refractivity contribution in [3.05, 3.63) is 24.3 Å². The van der Waals surface area contributed by atoms with Gasteiger partial charge in [-0.15, -0.1) is 0 Å². The van der Waals surface area contributed by atoms with E-state index >= 15 is 0 Å². The SMILES string of the molecule is CC(C)NS(=O)(=O)c1ccc(NC(=O)[C@@H](C)OC(=O)C2CCCC2)cc1. The van der Waals surface area contributed by atoms with Gasteiger partial charge in [0.05, 0.1) is 10.8 Å². The number of hydrogen-bond donors (Lipinski definition) is 2. The number of esters is 1. The molecule has 0 radical (unpaired) electrons. The topological polar surface area (TPSA) is 102 Å². The van der Waals surface area contributed by atoms with E-state index in [9.17, 15) is 18.0 Å². The molecule has 1 aliphatic carbocycles. The smallest absolute Gasteiger partial charge is 0.309 e. The molecular formula is C18H26N2O5S. The molecular weight excluding hydrogens is 356 g/mol. The predicted molar refractivity (Wildman–Crippen MR) is 98.0 cm³/mol. The van der Waals surface area contributed by atoms with Crippen LogP contribution < -0.4 is 10.0 Å². The Kier molecular flexibility index (Phi) is 6.77. The van der Waals surface area contributed by atoms with Crippen LogP contribution in [0.4, 0.5) is 5.69 Å². The second-order valence-electron chi connectivity index (χ2n) is 6.85. The summed E-state index contributed by atoms with van der Waals surface area (Å²) in [5, 5.41) is 2.63. The highest BCUT2D eigenvalue weighted by atomic mass is 32.2. The number of rotatable bonds is 7. The van der Waals surface area contributed by atoms with Crippen LogP contribution in [0.25, 0.3) is 0 Å². The van der Waals surface area contributed by atoms with Gasteiger partial charge in [-0.2, -0.15) is 0 Å². The summed E-state index contributed by atoms with van der Waals surface area (Å²) in [5.74, 6) is -0.887. The minimum atomic E-state index is -3.58. The van der Waals surface area contributed by atoms with Gasteiger partial charge >= 0.3 is 5.97 Å². The Morgan fingerprint density at radius 2 is 1.65 bits per heavy atom. The van der Waals surface area contributed by atoms with Gasteiger partial charge in [-0.1, -0.05) is 12.8 Å². The van der Waals surface area contributed by atoms with E-state index in [0.29, 0.717) is 5.69 Å². The number of anilines is 1. The zero-order valence-corrected chi connectivity index (χ0v) is 16.1. The van der Waals surface area contributed by atoms with Crippen LogP contribution in [0.3, 0.4) is 0 Å². The standard InChI is InChI=1S/C18H26N2O5S/c1-12(2)20-26(23,24)16-10-8-15(9-11-16)19-17(21)13(3)25-18(22)14-6-4-5-7-14/h8-14,20H,4-7H2,1-3H3,(H,19,21)/t13-/m1/s1. The summed E-state index contributed by atoms with van der Waals surface area (Å²) in [4.78, 5) is 24.3. The molecule has 0 saturated heterocycles. The molecule has 1 aromatic rings. The summed E-state index contributed by atoms with van der Waals surface area (Å²) in [6.45, 7) is 4.99. The third-order valence-corrected chi connectivity index (χ3v) is 5.85. The first-order chi connectivity index (χ1) is 12.2. The van der Waals surface area contributed by atoms with Crippen molar-refractivity contribution in [2.75, 3.05) is 5.32 Å². The van der Waals surface area contributed by atoms with Crippen molar-refractivity contribution in [1.82, 2.24) is 4.72 Å². The fourth-order valence-electron chi connectivity index (χ4n) is 2.83. The average Bonchev–Trinajstić information content (AvgIpc) is 3.08. The molecule has 0 aliphatic heterocycles. The minimum absolute atomic E-state index is 0.108. The van der Waals surface area contributed by atoms with Crippen molar-refractivity contribution < 1.29 is 22.7 Å². The molecule has 2 rings (SSSR count). The Bertz CT molecular complexity index is 737. The van der Waals surface area contributed by atoms with Crippen molar-refractivity contribution in [3.8, 4) is 0 Å². The Morgan fingerprint density at radius 1 is 1.08 bits per heavy atom. The fraction of sp³-hybridized carbons (Fsp3) is 0.556. The minimum Gasteiger partial charge on any atom is -0.452 e. The molecule has 1 saturated carbocycles. The average molecular weight is 382 g/mol. The quantitative estimate of drug-likeness (QED) is 0.705. The Morgan fingerprint density at radius 3 is 2.19 bits per heavy atom. The normalized spacial score (nSPS) is 16.5. The van der Waals surface area contributed by atoms with Gasteiger partial charge in [0.25, 0.3) is 5.91 Å². The molecule has 0 unspecified atom stereocenters. The molecule has 2 N–H and O–H groups in total. The van der Waals surface area contributed by atoms with E-state index in [-0.39, 0.29) is 22.8 Å². The van der Waals surface area contributed by atoms with Crippen molar-refractivity contribution in [3.63, 3.8) is 0 Å². The molecule has 0 heterocycles. The fourth-order valence-corrected chi connectivity index (χ4v) is 4.08. The summed E-state index contributed by atoms with van der Waals surface area (Å²) >= 11 is 0. The summed E-state index contributed by atoms with van der Waals surface area (Å²) in [5.41, 5.74) is 0.433. The highest BCUT2D eigenvalue weighted by Crippen LogP contribution is 2.26. The summed E-state index contributed by atoms with van der Waals surface area (Å²) in [7, 11) is -3.58. The molecule has 0 bridgehead atoms. The van der Waals surface area contributed by atoms with Crippen LogP contribution in [0.2, 0.25) is 0 Å². The Labute approximate surface area is 154 Å². The highest BCUT2D eigenvalue weighted by molar-refractivity contribution is 7.89. The van der Waals surface area contributed by atoms with Gasteiger partial charge in [0.15, 0.2) is 6.10 Å². The molecule has 1 aromatic carbocycles. The predicted octanol–water partition coefficient (Wildman–Crippen LogP) is 2.43. The maximum atomic E-state index is 12.2. The van der Waals surface area contributed by atoms with Gasteiger partial charge < -0.3 is 10.1 Å². The van der Waals surface area contributed by atoms with Crippen molar-refractivity contribution in [1.29, 1.82) is 0 Å². The Balaban J connectivity index is 1.93. The molecule has 1 atom stereocenters. The number of hydrogen-bond acceptors (Lipinski definition) is 5. The first-order valence-electron chi connectivity index (χ1n) is 8.83. The molecule has 0 aromatic heterocycles. The molecule has 8 heteroatoms. The molecule has 1 aliphatic rings. The van der Waals surface area contributed by atoms with Crippen LogP contribution in [0.1, 0.15) is 46.5 Å². The molecule has 7 nitrogen and oxygen atoms in total. The monoisotopic (exact) mass is 382 g/mol. The zero-order chi connectivity index (χ0) is 19.3. The largest absolute Gasteiger partial charge is 0.452 e. The number of ether oxygens (including phenoxy) is 1. The van der Waals surface area contributed by atoms with Crippen LogP contribution in [-0.2, 0) is 24.3 Å². The number of amides is 1.